The molecule has 0 rings (SSSR count). The van der Waals surface area contributed by atoms with Crippen molar-refractivity contribution >= 4 is 12.1 Å². The number of nitrogens with one attached hydrogen (secondary N) is 1. The Kier molecular flexibility index (Phi) is 7.73. The molecule has 0 spiro atoms. The van der Waals surface area contributed by atoms with Gasteiger partial charge in [-0.25, -0.2) is 9.59 Å². The fourth-order valence-corrected chi connectivity index (χ4v) is 1.57. The van der Waals surface area contributed by atoms with Gasteiger partial charge in [-0.3, -0.25) is 0 Å². The summed E-state index contributed by atoms with van der Waals surface area (Å²) in [5.41, 5.74) is -0.506. The normalized spacial score (nSPS) is 13.8. The van der Waals surface area contributed by atoms with Gasteiger partial charge in [-0.05, 0) is 27.2 Å². The van der Waals surface area contributed by atoms with Crippen LogP contribution in [-0.2, 0) is 14.3 Å². The van der Waals surface area contributed by atoms with E-state index < -0.39 is 29.8 Å². The highest BCUT2D eigenvalue weighted by atomic mass is 16.6. The van der Waals surface area contributed by atoms with Crippen molar-refractivity contribution in [2.75, 3.05) is 7.11 Å². The Morgan fingerprint density at radius 1 is 1.38 bits per heavy atom. The highest BCUT2D eigenvalue weighted by Gasteiger charge is 2.25. The number of alkyl carbamates (subject to hydrolysis) is 1. The summed E-state index contributed by atoms with van der Waals surface area (Å²) in [5.74, 6) is -0.594. The van der Waals surface area contributed by atoms with Crippen LogP contribution in [0.5, 0.6) is 0 Å². The van der Waals surface area contributed by atoms with E-state index in [0.29, 0.717) is 6.42 Å². The zero-order valence-electron chi connectivity index (χ0n) is 13.1. The predicted molar refractivity (Wildman–Crippen MR) is 79.8 cm³/mol. The molecule has 0 radical (unpaired) electrons. The number of ether oxygens (including phenoxy) is 2. The quantitative estimate of drug-likeness (QED) is 0.426. The van der Waals surface area contributed by atoms with E-state index in [-0.39, 0.29) is 12.0 Å². The summed E-state index contributed by atoms with van der Waals surface area (Å²) >= 11 is 0. The van der Waals surface area contributed by atoms with Crippen LogP contribution in [0.25, 0.3) is 0 Å². The number of amides is 1. The van der Waals surface area contributed by atoms with Gasteiger partial charge in [0.05, 0.1) is 19.3 Å². The van der Waals surface area contributed by atoms with Crippen LogP contribution in [0.3, 0.4) is 0 Å². The van der Waals surface area contributed by atoms with Crippen LogP contribution in [-0.4, -0.2) is 42.0 Å². The van der Waals surface area contributed by atoms with Gasteiger partial charge in [-0.2, -0.15) is 0 Å². The molecule has 0 saturated heterocycles. The lowest BCUT2D eigenvalue weighted by Gasteiger charge is -2.26. The number of carbonyl (C=O) groups excluding carboxylic acids is 2. The Hall–Kier alpha value is -1.82. The number of aliphatic hydroxyl groups excluding tert-OH is 1. The Labute approximate surface area is 125 Å². The summed E-state index contributed by atoms with van der Waals surface area (Å²) in [4.78, 5) is 23.0. The number of hydrogen-bond acceptors (Lipinski definition) is 5. The highest BCUT2D eigenvalue weighted by Crippen LogP contribution is 2.13. The predicted octanol–water partition coefficient (Wildman–Crippen LogP) is 1.94. The summed E-state index contributed by atoms with van der Waals surface area (Å²) in [5, 5.41) is 12.7. The fourth-order valence-electron chi connectivity index (χ4n) is 1.57. The summed E-state index contributed by atoms with van der Waals surface area (Å²) in [7, 11) is 1.24. The van der Waals surface area contributed by atoms with Crippen molar-refractivity contribution in [3.8, 4) is 0 Å². The second-order valence-electron chi connectivity index (χ2n) is 5.64. The summed E-state index contributed by atoms with van der Waals surface area (Å²) < 4.78 is 9.65. The van der Waals surface area contributed by atoms with Crippen molar-refractivity contribution < 1.29 is 24.2 Å². The maximum Gasteiger partial charge on any atom is 0.407 e. The SMILES string of the molecule is C=CC[C@H](NC(=O)OC(C)(C)C)C(O)CC(=C)C(=O)OC. The zero-order valence-corrected chi connectivity index (χ0v) is 13.1. The number of carbonyl (C=O) groups is 2. The molecule has 0 fully saturated rings. The summed E-state index contributed by atoms with van der Waals surface area (Å²) in [6.45, 7) is 12.3. The average Bonchev–Trinajstić information content (AvgIpc) is 2.34. The molecular formula is C15H25NO5. The monoisotopic (exact) mass is 299 g/mol. The lowest BCUT2D eigenvalue weighted by Crippen LogP contribution is -2.45. The third-order valence-corrected chi connectivity index (χ3v) is 2.52. The lowest BCUT2D eigenvalue weighted by molar-refractivity contribution is -0.136. The molecule has 6 heteroatoms. The van der Waals surface area contributed by atoms with Gasteiger partial charge in [0.2, 0.25) is 0 Å². The summed E-state index contributed by atoms with van der Waals surface area (Å²) in [6.07, 6.45) is 0.237. The molecule has 1 amide bonds. The maximum absolute atomic E-state index is 11.7. The standard InChI is InChI=1S/C15H25NO5/c1-7-8-11(16-14(19)21-15(3,4)5)12(17)9-10(2)13(18)20-6/h7,11-12,17H,1-2,8-9H2,3-6H3,(H,16,19)/t11-,12?/m0/s1. The van der Waals surface area contributed by atoms with Crippen molar-refractivity contribution in [1.29, 1.82) is 0 Å². The molecule has 2 atom stereocenters. The van der Waals surface area contributed by atoms with Crippen molar-refractivity contribution in [3.05, 3.63) is 24.8 Å². The first-order valence-corrected chi connectivity index (χ1v) is 6.65. The highest BCUT2D eigenvalue weighted by molar-refractivity contribution is 5.87. The lowest BCUT2D eigenvalue weighted by atomic mass is 10.0. The molecule has 0 aliphatic rings. The topological polar surface area (TPSA) is 84.9 Å². The number of methoxy groups -OCH3 is 1. The number of hydrogen-bond donors (Lipinski definition) is 2. The number of esters is 1. The fraction of sp³-hybridized carbons (Fsp3) is 0.600. The molecule has 0 bridgehead atoms. The second kappa shape index (κ2) is 8.46. The van der Waals surface area contributed by atoms with Crippen LogP contribution in [0.1, 0.15) is 33.6 Å². The van der Waals surface area contributed by atoms with Crippen LogP contribution in [0.2, 0.25) is 0 Å². The number of rotatable bonds is 7. The molecule has 6 nitrogen and oxygen atoms in total. The van der Waals surface area contributed by atoms with Gasteiger partial charge >= 0.3 is 12.1 Å². The molecule has 120 valence electrons. The van der Waals surface area contributed by atoms with Gasteiger partial charge in [-0.1, -0.05) is 12.7 Å². The molecule has 0 aliphatic heterocycles. The van der Waals surface area contributed by atoms with E-state index in [1.165, 1.54) is 7.11 Å². The third kappa shape index (κ3) is 8.14. The molecule has 2 N–H and O–H groups in total. The van der Waals surface area contributed by atoms with Gasteiger partial charge in [0.25, 0.3) is 0 Å². The zero-order chi connectivity index (χ0) is 16.6. The van der Waals surface area contributed by atoms with E-state index in [1.807, 2.05) is 0 Å². The summed E-state index contributed by atoms with van der Waals surface area (Å²) in [6, 6.07) is -0.626. The molecule has 0 aliphatic carbocycles. The van der Waals surface area contributed by atoms with E-state index in [0.717, 1.165) is 0 Å². The molecule has 0 heterocycles. The third-order valence-electron chi connectivity index (χ3n) is 2.52. The second-order valence-corrected chi connectivity index (χ2v) is 5.64. The molecular weight excluding hydrogens is 274 g/mol. The van der Waals surface area contributed by atoms with Crippen LogP contribution >= 0.6 is 0 Å². The number of aliphatic hydroxyl groups is 1. The smallest absolute Gasteiger partial charge is 0.407 e. The Morgan fingerprint density at radius 3 is 2.38 bits per heavy atom. The molecule has 0 aromatic heterocycles. The van der Waals surface area contributed by atoms with Crippen LogP contribution in [0.15, 0.2) is 24.8 Å². The Balaban J connectivity index is 4.66. The van der Waals surface area contributed by atoms with Crippen molar-refractivity contribution in [3.63, 3.8) is 0 Å². The Morgan fingerprint density at radius 2 is 1.95 bits per heavy atom. The minimum absolute atomic E-state index is 0.0129. The van der Waals surface area contributed by atoms with Gasteiger partial charge in [-0.15, -0.1) is 6.58 Å². The van der Waals surface area contributed by atoms with Crippen LogP contribution < -0.4 is 5.32 Å². The van der Waals surface area contributed by atoms with E-state index in [2.05, 4.69) is 23.2 Å². The van der Waals surface area contributed by atoms with Gasteiger partial charge < -0.3 is 19.9 Å². The van der Waals surface area contributed by atoms with E-state index >= 15 is 0 Å². The van der Waals surface area contributed by atoms with E-state index in [1.54, 1.807) is 26.8 Å². The van der Waals surface area contributed by atoms with Crippen molar-refractivity contribution in [2.24, 2.45) is 0 Å². The average molecular weight is 299 g/mol. The molecule has 21 heavy (non-hydrogen) atoms. The van der Waals surface area contributed by atoms with Crippen LogP contribution in [0, 0.1) is 0 Å². The largest absolute Gasteiger partial charge is 0.466 e. The molecule has 0 saturated carbocycles. The van der Waals surface area contributed by atoms with Gasteiger partial charge in [0, 0.05) is 12.0 Å². The maximum atomic E-state index is 11.7. The van der Waals surface area contributed by atoms with Gasteiger partial charge in [0.1, 0.15) is 5.60 Å². The minimum Gasteiger partial charge on any atom is -0.466 e. The Bertz CT molecular complexity index is 397. The first-order chi connectivity index (χ1) is 9.60. The minimum atomic E-state index is -0.998. The molecule has 0 aromatic carbocycles. The molecule has 1 unspecified atom stereocenters. The molecule has 0 aromatic rings. The van der Waals surface area contributed by atoms with Crippen molar-refractivity contribution in [1.82, 2.24) is 5.32 Å². The van der Waals surface area contributed by atoms with Crippen LogP contribution in [0.4, 0.5) is 4.79 Å². The van der Waals surface area contributed by atoms with Crippen molar-refractivity contribution in [2.45, 2.75) is 51.4 Å². The van der Waals surface area contributed by atoms with E-state index in [4.69, 9.17) is 4.74 Å². The van der Waals surface area contributed by atoms with E-state index in [9.17, 15) is 14.7 Å². The van der Waals surface area contributed by atoms with Gasteiger partial charge in [0.15, 0.2) is 0 Å². The first kappa shape index (κ1) is 19.2. The first-order valence-electron chi connectivity index (χ1n) is 6.65.